The third-order valence-corrected chi connectivity index (χ3v) is 3.09. The minimum absolute atomic E-state index is 0.278. The Morgan fingerprint density at radius 2 is 2.50 bits per heavy atom. The summed E-state index contributed by atoms with van der Waals surface area (Å²) in [7, 11) is 0. The first kappa shape index (κ1) is 13.1. The number of hydrogen-bond acceptors (Lipinski definition) is 5. The molecule has 0 aliphatic carbocycles. The summed E-state index contributed by atoms with van der Waals surface area (Å²) in [5.74, 6) is 0.265. The summed E-state index contributed by atoms with van der Waals surface area (Å²) in [6.07, 6.45) is 3.04. The molecular weight excluding hydrogens is 234 g/mol. The number of nitrogens with zero attached hydrogens (tertiary/aromatic N) is 1. The van der Waals surface area contributed by atoms with Crippen LogP contribution in [0.4, 0.5) is 0 Å². The Kier molecular flexibility index (Phi) is 4.38. The van der Waals surface area contributed by atoms with Gasteiger partial charge in [0, 0.05) is 6.54 Å². The fourth-order valence-electron chi connectivity index (χ4n) is 2.23. The summed E-state index contributed by atoms with van der Waals surface area (Å²) in [4.78, 5) is 13.8. The van der Waals surface area contributed by atoms with Gasteiger partial charge in [0.15, 0.2) is 0 Å². The van der Waals surface area contributed by atoms with Gasteiger partial charge in [-0.05, 0) is 32.4 Å². The van der Waals surface area contributed by atoms with E-state index in [1.54, 1.807) is 13.0 Å². The second-order valence-corrected chi connectivity index (χ2v) is 4.51. The van der Waals surface area contributed by atoms with Gasteiger partial charge in [0.1, 0.15) is 11.3 Å². The number of carbonyl (C=O) groups excluding carboxylic acids is 1. The highest BCUT2D eigenvalue weighted by Gasteiger charge is 2.22. The average molecular weight is 253 g/mol. The first-order valence-corrected chi connectivity index (χ1v) is 6.34. The van der Waals surface area contributed by atoms with E-state index >= 15 is 0 Å². The highest BCUT2D eigenvalue weighted by atomic mass is 16.5. The number of likely N-dealkylation sites (tertiary alicyclic amines) is 1. The number of hydrogen-bond donors (Lipinski definition) is 1. The van der Waals surface area contributed by atoms with Crippen molar-refractivity contribution in [2.75, 3.05) is 19.7 Å². The molecule has 5 heteroatoms. The molecule has 1 N–H and O–H groups in total. The summed E-state index contributed by atoms with van der Waals surface area (Å²) in [6.45, 7) is 4.21. The van der Waals surface area contributed by atoms with E-state index in [9.17, 15) is 9.90 Å². The van der Waals surface area contributed by atoms with Crippen LogP contribution in [0.25, 0.3) is 0 Å². The lowest BCUT2D eigenvalue weighted by molar-refractivity contribution is 0.0511. The molecule has 100 valence electrons. The maximum absolute atomic E-state index is 11.7. The lowest BCUT2D eigenvalue weighted by Crippen LogP contribution is -2.37. The number of rotatable bonds is 4. The summed E-state index contributed by atoms with van der Waals surface area (Å²) in [6, 6.07) is 1.63. The molecule has 2 heterocycles. The molecule has 0 saturated carbocycles. The number of aliphatic hydroxyl groups excluding tert-OH is 1. The summed E-state index contributed by atoms with van der Waals surface area (Å²) in [5.41, 5.74) is 0.483. The smallest absolute Gasteiger partial charge is 0.341 e. The third kappa shape index (κ3) is 3.11. The average Bonchev–Trinajstić information content (AvgIpc) is 2.77. The summed E-state index contributed by atoms with van der Waals surface area (Å²) in [5, 5.41) is 9.61. The normalized spacial score (nSPS) is 20.9. The standard InChI is InChI=1S/C13H19NO4/c1-2-17-13(16)11-5-7-18-12(11)9-14-6-3-4-10(15)8-14/h5,7,10,15H,2-4,6,8-9H2,1H3/t10-/m0/s1. The van der Waals surface area contributed by atoms with Crippen LogP contribution in [-0.2, 0) is 11.3 Å². The monoisotopic (exact) mass is 253 g/mol. The molecule has 1 aromatic rings. The van der Waals surface area contributed by atoms with Crippen molar-refractivity contribution in [3.8, 4) is 0 Å². The maximum atomic E-state index is 11.7. The highest BCUT2D eigenvalue weighted by Crippen LogP contribution is 2.18. The zero-order valence-corrected chi connectivity index (χ0v) is 10.6. The molecule has 1 saturated heterocycles. The van der Waals surface area contributed by atoms with Crippen LogP contribution in [0.1, 0.15) is 35.9 Å². The van der Waals surface area contributed by atoms with Crippen molar-refractivity contribution >= 4 is 5.97 Å². The fraction of sp³-hybridized carbons (Fsp3) is 0.615. The van der Waals surface area contributed by atoms with Crippen LogP contribution in [0, 0.1) is 0 Å². The van der Waals surface area contributed by atoms with Crippen LogP contribution in [-0.4, -0.2) is 41.8 Å². The molecule has 0 radical (unpaired) electrons. The molecule has 0 aromatic carbocycles. The number of carbonyl (C=O) groups is 1. The predicted octanol–water partition coefficient (Wildman–Crippen LogP) is 1.41. The second-order valence-electron chi connectivity index (χ2n) is 4.51. The number of aliphatic hydroxyl groups is 1. The first-order chi connectivity index (χ1) is 8.70. The van der Waals surface area contributed by atoms with Crippen molar-refractivity contribution in [2.24, 2.45) is 0 Å². The maximum Gasteiger partial charge on any atom is 0.341 e. The molecule has 1 aliphatic rings. The Morgan fingerprint density at radius 3 is 3.22 bits per heavy atom. The van der Waals surface area contributed by atoms with Crippen molar-refractivity contribution < 1.29 is 19.1 Å². The third-order valence-electron chi connectivity index (χ3n) is 3.09. The Balaban J connectivity index is 2.00. The van der Waals surface area contributed by atoms with Crippen molar-refractivity contribution in [1.29, 1.82) is 0 Å². The predicted molar refractivity (Wildman–Crippen MR) is 65.2 cm³/mol. The second kappa shape index (κ2) is 6.02. The Morgan fingerprint density at radius 1 is 1.67 bits per heavy atom. The highest BCUT2D eigenvalue weighted by molar-refractivity contribution is 5.90. The van der Waals surface area contributed by atoms with Gasteiger partial charge < -0.3 is 14.3 Å². The van der Waals surface area contributed by atoms with Gasteiger partial charge >= 0.3 is 5.97 Å². The number of esters is 1. The first-order valence-electron chi connectivity index (χ1n) is 6.34. The van der Waals surface area contributed by atoms with E-state index in [0.717, 1.165) is 19.4 Å². The van der Waals surface area contributed by atoms with Crippen LogP contribution in [0.15, 0.2) is 16.7 Å². The van der Waals surface area contributed by atoms with Crippen LogP contribution >= 0.6 is 0 Å². The van der Waals surface area contributed by atoms with Crippen LogP contribution < -0.4 is 0 Å². The molecule has 0 unspecified atom stereocenters. The van der Waals surface area contributed by atoms with E-state index in [1.165, 1.54) is 6.26 Å². The van der Waals surface area contributed by atoms with E-state index in [2.05, 4.69) is 4.90 Å². The van der Waals surface area contributed by atoms with Crippen molar-refractivity contribution in [3.05, 3.63) is 23.7 Å². The fourth-order valence-corrected chi connectivity index (χ4v) is 2.23. The molecule has 1 aromatic heterocycles. The molecule has 0 amide bonds. The molecule has 0 bridgehead atoms. The topological polar surface area (TPSA) is 62.9 Å². The lowest BCUT2D eigenvalue weighted by Gasteiger charge is -2.29. The minimum atomic E-state index is -0.348. The molecule has 0 spiro atoms. The van der Waals surface area contributed by atoms with Gasteiger partial charge in [-0.25, -0.2) is 4.79 Å². The zero-order valence-electron chi connectivity index (χ0n) is 10.6. The molecule has 1 atom stereocenters. The number of piperidine rings is 1. The van der Waals surface area contributed by atoms with E-state index in [-0.39, 0.29) is 12.1 Å². The van der Waals surface area contributed by atoms with Gasteiger partial charge in [0.05, 0.1) is 25.5 Å². The van der Waals surface area contributed by atoms with Crippen molar-refractivity contribution in [1.82, 2.24) is 4.90 Å². The van der Waals surface area contributed by atoms with Crippen molar-refractivity contribution in [3.63, 3.8) is 0 Å². The van der Waals surface area contributed by atoms with Gasteiger partial charge in [-0.2, -0.15) is 0 Å². The van der Waals surface area contributed by atoms with E-state index < -0.39 is 0 Å². The largest absolute Gasteiger partial charge is 0.467 e. The number of β-amino-alcohol motifs (C(OH)–C–C–N with tert-alkyl or cyclic N) is 1. The molecular formula is C13H19NO4. The summed E-state index contributed by atoms with van der Waals surface area (Å²) >= 11 is 0. The quantitative estimate of drug-likeness (QED) is 0.822. The minimum Gasteiger partial charge on any atom is -0.467 e. The van der Waals surface area contributed by atoms with Gasteiger partial charge in [-0.15, -0.1) is 0 Å². The zero-order chi connectivity index (χ0) is 13.0. The number of ether oxygens (including phenoxy) is 1. The Hall–Kier alpha value is -1.33. The van der Waals surface area contributed by atoms with Crippen LogP contribution in [0.3, 0.4) is 0 Å². The van der Waals surface area contributed by atoms with Crippen LogP contribution in [0.2, 0.25) is 0 Å². The van der Waals surface area contributed by atoms with Gasteiger partial charge in [-0.1, -0.05) is 0 Å². The van der Waals surface area contributed by atoms with Gasteiger partial charge in [-0.3, -0.25) is 4.90 Å². The van der Waals surface area contributed by atoms with Crippen LogP contribution in [0.5, 0.6) is 0 Å². The van der Waals surface area contributed by atoms with E-state index in [1.807, 2.05) is 0 Å². The summed E-state index contributed by atoms with van der Waals surface area (Å²) < 4.78 is 10.3. The van der Waals surface area contributed by atoms with Gasteiger partial charge in [0.25, 0.3) is 0 Å². The molecule has 1 aliphatic heterocycles. The number of furan rings is 1. The van der Waals surface area contributed by atoms with Gasteiger partial charge in [0.2, 0.25) is 0 Å². The molecule has 2 rings (SSSR count). The Labute approximate surface area is 106 Å². The molecule has 18 heavy (non-hydrogen) atoms. The van der Waals surface area contributed by atoms with Crippen molar-refractivity contribution in [2.45, 2.75) is 32.4 Å². The SMILES string of the molecule is CCOC(=O)c1ccoc1CN1CCC[C@H](O)C1. The molecule has 1 fully saturated rings. The van der Waals surface area contributed by atoms with E-state index in [0.29, 0.717) is 31.0 Å². The Bertz CT molecular complexity index is 401. The molecule has 5 nitrogen and oxygen atoms in total. The lowest BCUT2D eigenvalue weighted by atomic mass is 10.1. The van der Waals surface area contributed by atoms with E-state index in [4.69, 9.17) is 9.15 Å².